The van der Waals surface area contributed by atoms with Crippen LogP contribution in [0.5, 0.6) is 0 Å². The van der Waals surface area contributed by atoms with Crippen molar-refractivity contribution in [2.75, 3.05) is 0 Å². The number of benzene rings is 1. The summed E-state index contributed by atoms with van der Waals surface area (Å²) in [5, 5.41) is 4.16. The van der Waals surface area contributed by atoms with Gasteiger partial charge in [0.2, 0.25) is 0 Å². The van der Waals surface area contributed by atoms with Gasteiger partial charge >= 0.3 is 0 Å². The SMILES string of the molecule is CCn1nccc1C(NN)c1ccccc1F. The van der Waals surface area contributed by atoms with Gasteiger partial charge < -0.3 is 0 Å². The first-order valence-electron chi connectivity index (χ1n) is 5.50. The fourth-order valence-corrected chi connectivity index (χ4v) is 1.90. The molecule has 0 fully saturated rings. The van der Waals surface area contributed by atoms with Crippen molar-refractivity contribution < 1.29 is 4.39 Å². The van der Waals surface area contributed by atoms with Gasteiger partial charge in [-0.25, -0.2) is 9.82 Å². The Kier molecular flexibility index (Phi) is 3.51. The molecule has 0 radical (unpaired) electrons. The second-order valence-corrected chi connectivity index (χ2v) is 3.69. The molecule has 0 aliphatic rings. The number of hydrogen-bond donors (Lipinski definition) is 2. The fraction of sp³-hybridized carbons (Fsp3) is 0.250. The maximum atomic E-state index is 13.7. The molecule has 2 aromatic rings. The first kappa shape index (κ1) is 11.8. The molecular formula is C12H15FN4. The van der Waals surface area contributed by atoms with Crippen molar-refractivity contribution in [1.82, 2.24) is 15.2 Å². The predicted molar refractivity (Wildman–Crippen MR) is 63.5 cm³/mol. The number of nitrogens with zero attached hydrogens (tertiary/aromatic N) is 2. The largest absolute Gasteiger partial charge is 0.271 e. The van der Waals surface area contributed by atoms with E-state index >= 15 is 0 Å². The predicted octanol–water partition coefficient (Wildman–Crippen LogP) is 1.59. The third kappa shape index (κ3) is 2.20. The average molecular weight is 234 g/mol. The minimum atomic E-state index is -0.390. The highest BCUT2D eigenvalue weighted by Gasteiger charge is 2.19. The fourth-order valence-electron chi connectivity index (χ4n) is 1.90. The number of aryl methyl sites for hydroxylation is 1. The number of aromatic nitrogens is 2. The van der Waals surface area contributed by atoms with E-state index in [0.29, 0.717) is 5.56 Å². The lowest BCUT2D eigenvalue weighted by atomic mass is 10.0. The first-order chi connectivity index (χ1) is 8.27. The lowest BCUT2D eigenvalue weighted by Crippen LogP contribution is -2.31. The smallest absolute Gasteiger partial charge is 0.128 e. The lowest BCUT2D eigenvalue weighted by Gasteiger charge is -2.18. The van der Waals surface area contributed by atoms with Crippen molar-refractivity contribution in [1.29, 1.82) is 0 Å². The Balaban J connectivity index is 2.44. The van der Waals surface area contributed by atoms with E-state index < -0.39 is 6.04 Å². The Bertz CT molecular complexity index is 495. The summed E-state index contributed by atoms with van der Waals surface area (Å²) in [6.07, 6.45) is 1.68. The third-order valence-corrected chi connectivity index (χ3v) is 2.73. The number of hydrazine groups is 1. The van der Waals surface area contributed by atoms with Gasteiger partial charge in [0.15, 0.2) is 0 Å². The molecule has 90 valence electrons. The van der Waals surface area contributed by atoms with Gasteiger partial charge in [-0.15, -0.1) is 0 Å². The quantitative estimate of drug-likeness (QED) is 0.624. The molecule has 0 saturated heterocycles. The van der Waals surface area contributed by atoms with E-state index in [1.807, 2.05) is 13.0 Å². The molecule has 3 N–H and O–H groups in total. The van der Waals surface area contributed by atoms with E-state index in [0.717, 1.165) is 12.2 Å². The Morgan fingerprint density at radius 1 is 1.41 bits per heavy atom. The molecule has 1 heterocycles. The average Bonchev–Trinajstić information content (AvgIpc) is 2.81. The van der Waals surface area contributed by atoms with E-state index in [1.165, 1.54) is 6.07 Å². The number of nitrogens with one attached hydrogen (secondary N) is 1. The van der Waals surface area contributed by atoms with Crippen molar-refractivity contribution in [2.24, 2.45) is 5.84 Å². The summed E-state index contributed by atoms with van der Waals surface area (Å²) in [5.74, 6) is 5.25. The van der Waals surface area contributed by atoms with Gasteiger partial charge in [0.05, 0.1) is 11.7 Å². The second kappa shape index (κ2) is 5.07. The Morgan fingerprint density at radius 3 is 2.82 bits per heavy atom. The minimum absolute atomic E-state index is 0.278. The number of nitrogens with two attached hydrogens (primary N) is 1. The molecule has 0 aliphatic heterocycles. The Labute approximate surface area is 99.2 Å². The molecule has 0 spiro atoms. The highest BCUT2D eigenvalue weighted by molar-refractivity contribution is 5.28. The zero-order chi connectivity index (χ0) is 12.3. The third-order valence-electron chi connectivity index (χ3n) is 2.73. The standard InChI is InChI=1S/C12H15FN4/c1-2-17-11(7-8-15-17)12(16-14)9-5-3-4-6-10(9)13/h3-8,12,16H,2,14H2,1H3. The Morgan fingerprint density at radius 2 is 2.18 bits per heavy atom. The number of rotatable bonds is 4. The summed E-state index contributed by atoms with van der Waals surface area (Å²) in [7, 11) is 0. The van der Waals surface area contributed by atoms with Crippen molar-refractivity contribution in [2.45, 2.75) is 19.5 Å². The van der Waals surface area contributed by atoms with Crippen LogP contribution in [0.4, 0.5) is 4.39 Å². The molecule has 0 bridgehead atoms. The molecule has 0 saturated carbocycles. The van der Waals surface area contributed by atoms with E-state index in [9.17, 15) is 4.39 Å². The summed E-state index contributed by atoms with van der Waals surface area (Å²) in [4.78, 5) is 0. The van der Waals surface area contributed by atoms with Crippen LogP contribution in [0.2, 0.25) is 0 Å². The number of hydrogen-bond acceptors (Lipinski definition) is 3. The van der Waals surface area contributed by atoms with Crippen LogP contribution in [0.3, 0.4) is 0 Å². The maximum absolute atomic E-state index is 13.7. The van der Waals surface area contributed by atoms with Crippen LogP contribution in [-0.4, -0.2) is 9.78 Å². The van der Waals surface area contributed by atoms with Crippen LogP contribution in [0, 0.1) is 5.82 Å². The monoisotopic (exact) mass is 234 g/mol. The zero-order valence-electron chi connectivity index (χ0n) is 9.60. The van der Waals surface area contributed by atoms with Crippen molar-refractivity contribution >= 4 is 0 Å². The van der Waals surface area contributed by atoms with Crippen LogP contribution < -0.4 is 11.3 Å². The molecular weight excluding hydrogens is 219 g/mol. The molecule has 1 unspecified atom stereocenters. The maximum Gasteiger partial charge on any atom is 0.128 e. The van der Waals surface area contributed by atoms with Gasteiger partial charge in [0.25, 0.3) is 0 Å². The van der Waals surface area contributed by atoms with Gasteiger partial charge in [0, 0.05) is 18.3 Å². The van der Waals surface area contributed by atoms with Crippen LogP contribution in [0.1, 0.15) is 24.2 Å². The van der Waals surface area contributed by atoms with Crippen molar-refractivity contribution in [3.63, 3.8) is 0 Å². The van der Waals surface area contributed by atoms with Crippen LogP contribution in [0.15, 0.2) is 36.5 Å². The van der Waals surface area contributed by atoms with Gasteiger partial charge in [-0.1, -0.05) is 18.2 Å². The topological polar surface area (TPSA) is 55.9 Å². The molecule has 2 rings (SSSR count). The highest BCUT2D eigenvalue weighted by atomic mass is 19.1. The van der Waals surface area contributed by atoms with Crippen molar-refractivity contribution in [3.8, 4) is 0 Å². The molecule has 1 atom stereocenters. The molecule has 5 heteroatoms. The van der Waals surface area contributed by atoms with E-state index in [4.69, 9.17) is 5.84 Å². The van der Waals surface area contributed by atoms with Crippen LogP contribution in [0.25, 0.3) is 0 Å². The lowest BCUT2D eigenvalue weighted by molar-refractivity contribution is 0.516. The second-order valence-electron chi connectivity index (χ2n) is 3.69. The number of halogens is 1. The zero-order valence-corrected chi connectivity index (χ0v) is 9.60. The molecule has 1 aromatic carbocycles. The van der Waals surface area contributed by atoms with Gasteiger partial charge in [-0.2, -0.15) is 5.10 Å². The van der Waals surface area contributed by atoms with Gasteiger partial charge in [0.1, 0.15) is 5.82 Å². The summed E-state index contributed by atoms with van der Waals surface area (Å²) < 4.78 is 15.5. The molecule has 0 amide bonds. The molecule has 0 aliphatic carbocycles. The summed E-state index contributed by atoms with van der Waals surface area (Å²) in [5.41, 5.74) is 4.00. The van der Waals surface area contributed by atoms with E-state index in [1.54, 1.807) is 29.1 Å². The molecule has 4 nitrogen and oxygen atoms in total. The van der Waals surface area contributed by atoms with E-state index in [-0.39, 0.29) is 5.82 Å². The normalized spacial score (nSPS) is 12.6. The van der Waals surface area contributed by atoms with Gasteiger partial charge in [-0.3, -0.25) is 10.5 Å². The first-order valence-corrected chi connectivity index (χ1v) is 5.50. The molecule has 17 heavy (non-hydrogen) atoms. The van der Waals surface area contributed by atoms with Crippen molar-refractivity contribution in [3.05, 3.63) is 53.6 Å². The minimum Gasteiger partial charge on any atom is -0.271 e. The van der Waals surface area contributed by atoms with Crippen LogP contribution >= 0.6 is 0 Å². The summed E-state index contributed by atoms with van der Waals surface area (Å²) in [6.45, 7) is 2.69. The molecule has 1 aromatic heterocycles. The summed E-state index contributed by atoms with van der Waals surface area (Å²) >= 11 is 0. The van der Waals surface area contributed by atoms with E-state index in [2.05, 4.69) is 10.5 Å². The highest BCUT2D eigenvalue weighted by Crippen LogP contribution is 2.23. The van der Waals surface area contributed by atoms with Crippen LogP contribution in [-0.2, 0) is 6.54 Å². The van der Waals surface area contributed by atoms with Gasteiger partial charge in [-0.05, 0) is 19.1 Å². The summed E-state index contributed by atoms with van der Waals surface area (Å²) in [6, 6.07) is 8.03. The Hall–Kier alpha value is -1.72.